The lowest BCUT2D eigenvalue weighted by Crippen LogP contribution is -2.30. The number of fused-ring (bicyclic) bond motifs is 1. The number of halogens is 1. The molecule has 4 rings (SSSR count). The first-order valence-corrected chi connectivity index (χ1v) is 7.73. The van der Waals surface area contributed by atoms with Crippen LogP contribution in [0.15, 0.2) is 30.6 Å². The molecule has 0 amide bonds. The fraction of sp³-hybridized carbons (Fsp3) is 0.438. The minimum atomic E-state index is -0.542. The Labute approximate surface area is 133 Å². The second-order valence-electron chi connectivity index (χ2n) is 5.85. The van der Waals surface area contributed by atoms with Gasteiger partial charge in [0.25, 0.3) is 0 Å². The van der Waals surface area contributed by atoms with Gasteiger partial charge in [-0.15, -0.1) is 0 Å². The summed E-state index contributed by atoms with van der Waals surface area (Å²) in [6.45, 7) is 2.86. The third-order valence-corrected chi connectivity index (χ3v) is 4.69. The van der Waals surface area contributed by atoms with E-state index in [0.717, 1.165) is 17.0 Å². The van der Waals surface area contributed by atoms with Crippen molar-refractivity contribution in [3.05, 3.63) is 41.2 Å². The first kappa shape index (κ1) is 14.2. The van der Waals surface area contributed by atoms with Crippen LogP contribution >= 0.6 is 11.6 Å². The summed E-state index contributed by atoms with van der Waals surface area (Å²) in [4.78, 5) is 4.50. The van der Waals surface area contributed by atoms with Crippen LogP contribution in [0, 0.1) is 6.92 Å². The average Bonchev–Trinajstić information content (AvgIpc) is 3.17. The fourth-order valence-electron chi connectivity index (χ4n) is 3.36. The van der Waals surface area contributed by atoms with E-state index in [1.807, 2.05) is 31.3 Å². The van der Waals surface area contributed by atoms with Gasteiger partial charge in [0.2, 0.25) is 0 Å². The summed E-state index contributed by atoms with van der Waals surface area (Å²) in [6.07, 6.45) is 2.80. The molecule has 0 aliphatic carbocycles. The van der Waals surface area contributed by atoms with E-state index in [9.17, 15) is 5.11 Å². The summed E-state index contributed by atoms with van der Waals surface area (Å²) in [5.41, 5.74) is 2.11. The molecular weight excluding hydrogens is 304 g/mol. The van der Waals surface area contributed by atoms with Gasteiger partial charge in [-0.05, 0) is 30.7 Å². The SMILES string of the molecule is Cc1cc(Cl)ccc1-c1nccn1[C@@H]1CO[C@H]2[C@@H]1OC[C@H]2O. The van der Waals surface area contributed by atoms with Crippen LogP contribution in [0.2, 0.25) is 5.02 Å². The number of rotatable bonds is 2. The molecule has 4 atom stereocenters. The molecule has 2 saturated heterocycles. The highest BCUT2D eigenvalue weighted by Crippen LogP contribution is 2.37. The molecule has 0 unspecified atom stereocenters. The van der Waals surface area contributed by atoms with Crippen molar-refractivity contribution in [1.29, 1.82) is 0 Å². The van der Waals surface area contributed by atoms with Crippen LogP contribution in [-0.4, -0.2) is 46.2 Å². The molecular formula is C16H17ClN2O3. The number of nitrogens with zero attached hydrogens (tertiary/aromatic N) is 2. The molecule has 3 heterocycles. The molecule has 2 aliphatic heterocycles. The Balaban J connectivity index is 1.72. The molecule has 116 valence electrons. The molecule has 0 radical (unpaired) electrons. The van der Waals surface area contributed by atoms with Crippen molar-refractivity contribution >= 4 is 11.6 Å². The van der Waals surface area contributed by atoms with E-state index < -0.39 is 6.10 Å². The number of hydrogen-bond donors (Lipinski definition) is 1. The Hall–Kier alpha value is -1.40. The highest BCUT2D eigenvalue weighted by atomic mass is 35.5. The third-order valence-electron chi connectivity index (χ3n) is 4.46. The van der Waals surface area contributed by atoms with Crippen molar-refractivity contribution in [2.75, 3.05) is 13.2 Å². The van der Waals surface area contributed by atoms with Gasteiger partial charge in [0.1, 0.15) is 24.1 Å². The van der Waals surface area contributed by atoms with E-state index in [4.69, 9.17) is 21.1 Å². The standard InChI is InChI=1S/C16H17ClN2O3/c1-9-6-10(17)2-3-11(9)16-18-4-5-19(16)12-7-21-15-13(20)8-22-14(12)15/h2-6,12-15,20H,7-8H2,1H3/t12-,13-,14-,15-/m1/s1. The van der Waals surface area contributed by atoms with Gasteiger partial charge in [-0.2, -0.15) is 0 Å². The predicted molar refractivity (Wildman–Crippen MR) is 81.9 cm³/mol. The lowest BCUT2D eigenvalue weighted by Gasteiger charge is -2.20. The van der Waals surface area contributed by atoms with Crippen LogP contribution in [0.4, 0.5) is 0 Å². The zero-order valence-electron chi connectivity index (χ0n) is 12.1. The predicted octanol–water partition coefficient (Wildman–Crippen LogP) is 2.21. The highest BCUT2D eigenvalue weighted by molar-refractivity contribution is 6.30. The van der Waals surface area contributed by atoms with Crippen LogP contribution in [0.3, 0.4) is 0 Å². The molecule has 1 aromatic heterocycles. The maximum absolute atomic E-state index is 9.89. The summed E-state index contributed by atoms with van der Waals surface area (Å²) in [6, 6.07) is 5.80. The number of hydrogen-bond acceptors (Lipinski definition) is 4. The number of aryl methyl sites for hydroxylation is 1. The zero-order chi connectivity index (χ0) is 15.3. The first-order valence-electron chi connectivity index (χ1n) is 7.36. The van der Waals surface area contributed by atoms with Gasteiger partial charge < -0.3 is 19.1 Å². The maximum atomic E-state index is 9.89. The monoisotopic (exact) mass is 320 g/mol. The van der Waals surface area contributed by atoms with E-state index in [2.05, 4.69) is 9.55 Å². The summed E-state index contributed by atoms with van der Waals surface area (Å²) in [5.74, 6) is 0.869. The summed E-state index contributed by atoms with van der Waals surface area (Å²) in [7, 11) is 0. The summed E-state index contributed by atoms with van der Waals surface area (Å²) in [5, 5.41) is 10.6. The Kier molecular flexibility index (Phi) is 3.46. The Morgan fingerprint density at radius 2 is 2.09 bits per heavy atom. The van der Waals surface area contributed by atoms with Gasteiger partial charge in [0.15, 0.2) is 0 Å². The average molecular weight is 321 g/mol. The van der Waals surface area contributed by atoms with Crippen molar-refractivity contribution in [2.45, 2.75) is 31.3 Å². The van der Waals surface area contributed by atoms with E-state index in [0.29, 0.717) is 18.2 Å². The second kappa shape index (κ2) is 5.35. The molecule has 0 bridgehead atoms. The number of aliphatic hydroxyl groups is 1. The van der Waals surface area contributed by atoms with Crippen LogP contribution in [-0.2, 0) is 9.47 Å². The quantitative estimate of drug-likeness (QED) is 0.921. The normalized spacial score (nSPS) is 30.7. The molecule has 1 aromatic carbocycles. The summed E-state index contributed by atoms with van der Waals surface area (Å²) >= 11 is 6.04. The fourth-order valence-corrected chi connectivity index (χ4v) is 3.59. The number of aromatic nitrogens is 2. The van der Waals surface area contributed by atoms with Crippen molar-refractivity contribution in [1.82, 2.24) is 9.55 Å². The third kappa shape index (κ3) is 2.16. The van der Waals surface area contributed by atoms with Crippen LogP contribution in [0.1, 0.15) is 11.6 Å². The zero-order valence-corrected chi connectivity index (χ0v) is 12.9. The molecule has 5 nitrogen and oxygen atoms in total. The minimum Gasteiger partial charge on any atom is -0.388 e. The van der Waals surface area contributed by atoms with Gasteiger partial charge in [-0.25, -0.2) is 4.98 Å². The van der Waals surface area contributed by atoms with Crippen LogP contribution in [0.5, 0.6) is 0 Å². The molecule has 2 aliphatic rings. The van der Waals surface area contributed by atoms with E-state index in [1.54, 1.807) is 6.20 Å². The molecule has 6 heteroatoms. The Morgan fingerprint density at radius 1 is 1.27 bits per heavy atom. The van der Waals surface area contributed by atoms with Crippen molar-refractivity contribution in [3.8, 4) is 11.4 Å². The lowest BCUT2D eigenvalue weighted by atomic mass is 10.1. The molecule has 0 saturated carbocycles. The largest absolute Gasteiger partial charge is 0.388 e. The molecule has 22 heavy (non-hydrogen) atoms. The number of ether oxygens (including phenoxy) is 2. The smallest absolute Gasteiger partial charge is 0.140 e. The minimum absolute atomic E-state index is 0.0229. The topological polar surface area (TPSA) is 56.5 Å². The number of aliphatic hydroxyl groups excluding tert-OH is 1. The van der Waals surface area contributed by atoms with E-state index in [-0.39, 0.29) is 18.2 Å². The van der Waals surface area contributed by atoms with Gasteiger partial charge >= 0.3 is 0 Å². The molecule has 1 N–H and O–H groups in total. The molecule has 2 fully saturated rings. The van der Waals surface area contributed by atoms with Gasteiger partial charge in [-0.1, -0.05) is 11.6 Å². The maximum Gasteiger partial charge on any atom is 0.140 e. The Morgan fingerprint density at radius 3 is 2.91 bits per heavy atom. The number of imidazole rings is 1. The first-order chi connectivity index (χ1) is 10.6. The lowest BCUT2D eigenvalue weighted by molar-refractivity contribution is 0.0172. The molecule has 2 aromatic rings. The van der Waals surface area contributed by atoms with Crippen LogP contribution < -0.4 is 0 Å². The van der Waals surface area contributed by atoms with Crippen molar-refractivity contribution in [3.63, 3.8) is 0 Å². The Bertz CT molecular complexity index is 702. The van der Waals surface area contributed by atoms with Crippen molar-refractivity contribution < 1.29 is 14.6 Å². The number of benzene rings is 1. The highest BCUT2D eigenvalue weighted by Gasteiger charge is 2.48. The van der Waals surface area contributed by atoms with E-state index in [1.165, 1.54) is 0 Å². The van der Waals surface area contributed by atoms with Gasteiger partial charge in [-0.3, -0.25) is 0 Å². The van der Waals surface area contributed by atoms with Gasteiger partial charge in [0.05, 0.1) is 19.3 Å². The van der Waals surface area contributed by atoms with Gasteiger partial charge in [0, 0.05) is 23.0 Å². The van der Waals surface area contributed by atoms with Crippen molar-refractivity contribution in [2.24, 2.45) is 0 Å². The van der Waals surface area contributed by atoms with Crippen LogP contribution in [0.25, 0.3) is 11.4 Å². The van der Waals surface area contributed by atoms with E-state index >= 15 is 0 Å². The molecule has 0 spiro atoms. The second-order valence-corrected chi connectivity index (χ2v) is 6.28. The summed E-state index contributed by atoms with van der Waals surface area (Å²) < 4.78 is 13.5.